The Morgan fingerprint density at radius 3 is 2.70 bits per heavy atom. The van der Waals surface area contributed by atoms with Crippen molar-refractivity contribution in [3.8, 4) is 0 Å². The van der Waals surface area contributed by atoms with Gasteiger partial charge in [-0.1, -0.05) is 30.3 Å². The van der Waals surface area contributed by atoms with E-state index < -0.39 is 0 Å². The van der Waals surface area contributed by atoms with Gasteiger partial charge in [0, 0.05) is 44.5 Å². The summed E-state index contributed by atoms with van der Waals surface area (Å²) in [6.45, 7) is 3.07. The molecule has 3 aromatic rings. The predicted molar refractivity (Wildman–Crippen MR) is 125 cm³/mol. The standard InChI is InChI=1S/C25H31N5O3/c31-24-18-22(20-8-2-1-3-9-20)26-13-6-16-29(15-5-4-12-27-24)25(32)23-11-10-21(33-23)19-30-17-7-14-28-30/h1-3,7-11,14,17,22,26H,4-6,12-13,15-16,18-19H2,(H,27,31). The molecule has 1 fully saturated rings. The molecule has 0 radical (unpaired) electrons. The van der Waals surface area contributed by atoms with Crippen molar-refractivity contribution >= 4 is 11.8 Å². The fourth-order valence-electron chi connectivity index (χ4n) is 4.05. The molecule has 0 aliphatic carbocycles. The summed E-state index contributed by atoms with van der Waals surface area (Å²) in [6.07, 6.45) is 6.41. The molecule has 8 heteroatoms. The van der Waals surface area contributed by atoms with Gasteiger partial charge in [-0.15, -0.1) is 0 Å². The molecule has 0 saturated carbocycles. The smallest absolute Gasteiger partial charge is 0.289 e. The number of carbonyl (C=O) groups is 2. The van der Waals surface area contributed by atoms with Gasteiger partial charge in [0.25, 0.3) is 5.91 Å². The number of hydrogen-bond acceptors (Lipinski definition) is 5. The van der Waals surface area contributed by atoms with Crippen molar-refractivity contribution in [1.82, 2.24) is 25.3 Å². The molecule has 2 amide bonds. The number of nitrogens with zero attached hydrogens (tertiary/aromatic N) is 3. The molecule has 1 atom stereocenters. The summed E-state index contributed by atoms with van der Waals surface area (Å²) < 4.78 is 7.59. The Labute approximate surface area is 194 Å². The summed E-state index contributed by atoms with van der Waals surface area (Å²) in [4.78, 5) is 27.4. The fourth-order valence-corrected chi connectivity index (χ4v) is 4.05. The molecule has 2 N–H and O–H groups in total. The third-order valence-electron chi connectivity index (χ3n) is 5.80. The molecule has 1 aliphatic rings. The second kappa shape index (κ2) is 11.5. The Kier molecular flexibility index (Phi) is 7.92. The van der Waals surface area contributed by atoms with Crippen LogP contribution >= 0.6 is 0 Å². The number of furan rings is 1. The van der Waals surface area contributed by atoms with Gasteiger partial charge in [-0.2, -0.15) is 5.10 Å². The highest BCUT2D eigenvalue weighted by molar-refractivity contribution is 5.91. The van der Waals surface area contributed by atoms with Gasteiger partial charge in [0.15, 0.2) is 5.76 Å². The first-order chi connectivity index (χ1) is 16.2. The van der Waals surface area contributed by atoms with Crippen LogP contribution in [0.15, 0.2) is 65.3 Å². The van der Waals surface area contributed by atoms with Gasteiger partial charge in [-0.25, -0.2) is 0 Å². The van der Waals surface area contributed by atoms with Crippen LogP contribution < -0.4 is 10.6 Å². The number of hydrogen-bond donors (Lipinski definition) is 2. The van der Waals surface area contributed by atoms with E-state index in [2.05, 4.69) is 15.7 Å². The van der Waals surface area contributed by atoms with E-state index in [1.807, 2.05) is 53.6 Å². The van der Waals surface area contributed by atoms with Crippen molar-refractivity contribution in [2.75, 3.05) is 26.2 Å². The number of amides is 2. The van der Waals surface area contributed by atoms with Crippen molar-refractivity contribution in [3.63, 3.8) is 0 Å². The molecule has 0 bridgehead atoms. The van der Waals surface area contributed by atoms with Crippen LogP contribution in [-0.2, 0) is 11.3 Å². The Hall–Kier alpha value is -3.39. The van der Waals surface area contributed by atoms with E-state index in [1.54, 1.807) is 16.9 Å². The van der Waals surface area contributed by atoms with E-state index in [1.165, 1.54) is 0 Å². The first-order valence-corrected chi connectivity index (χ1v) is 11.6. The van der Waals surface area contributed by atoms with Crippen molar-refractivity contribution < 1.29 is 14.0 Å². The zero-order chi connectivity index (χ0) is 22.9. The van der Waals surface area contributed by atoms with Crippen LogP contribution in [0.1, 0.15) is 53.6 Å². The highest BCUT2D eigenvalue weighted by Gasteiger charge is 2.21. The Morgan fingerprint density at radius 2 is 1.88 bits per heavy atom. The van der Waals surface area contributed by atoms with Gasteiger partial charge in [0.05, 0.1) is 6.54 Å². The van der Waals surface area contributed by atoms with Crippen LogP contribution in [0.25, 0.3) is 0 Å². The van der Waals surface area contributed by atoms with Gasteiger partial charge < -0.3 is 20.0 Å². The number of carbonyl (C=O) groups excluding carboxylic acids is 2. The zero-order valence-electron chi connectivity index (χ0n) is 18.8. The largest absolute Gasteiger partial charge is 0.454 e. The second-order valence-electron chi connectivity index (χ2n) is 8.29. The Bertz CT molecular complexity index is 1020. The normalized spacial score (nSPS) is 18.6. The fraction of sp³-hybridized carbons (Fsp3) is 0.400. The lowest BCUT2D eigenvalue weighted by atomic mass is 10.0. The summed E-state index contributed by atoms with van der Waals surface area (Å²) in [7, 11) is 0. The Morgan fingerprint density at radius 1 is 1.03 bits per heavy atom. The first kappa shape index (κ1) is 22.8. The average Bonchev–Trinajstić information content (AvgIpc) is 3.52. The van der Waals surface area contributed by atoms with Crippen molar-refractivity contribution in [2.45, 2.75) is 38.3 Å². The van der Waals surface area contributed by atoms with Crippen LogP contribution in [0, 0.1) is 0 Å². The van der Waals surface area contributed by atoms with E-state index in [9.17, 15) is 9.59 Å². The first-order valence-electron chi connectivity index (χ1n) is 11.6. The molecule has 2 aromatic heterocycles. The average molecular weight is 450 g/mol. The van der Waals surface area contributed by atoms with Crippen LogP contribution in [-0.4, -0.2) is 52.7 Å². The topological polar surface area (TPSA) is 92.4 Å². The highest BCUT2D eigenvalue weighted by atomic mass is 16.4. The van der Waals surface area contributed by atoms with Crippen LogP contribution in [0.3, 0.4) is 0 Å². The summed E-state index contributed by atoms with van der Waals surface area (Å²) >= 11 is 0. The maximum atomic E-state index is 13.2. The van der Waals surface area contributed by atoms with Crippen molar-refractivity contribution in [1.29, 1.82) is 0 Å². The van der Waals surface area contributed by atoms with Crippen LogP contribution in [0.4, 0.5) is 0 Å². The summed E-state index contributed by atoms with van der Waals surface area (Å²) in [6, 6.07) is 15.4. The number of rotatable bonds is 4. The predicted octanol–water partition coefficient (Wildman–Crippen LogP) is 2.99. The number of aromatic nitrogens is 2. The zero-order valence-corrected chi connectivity index (χ0v) is 18.8. The maximum Gasteiger partial charge on any atom is 0.289 e. The maximum absolute atomic E-state index is 13.2. The Balaban J connectivity index is 1.39. The van der Waals surface area contributed by atoms with Gasteiger partial charge in [-0.05, 0) is 49.6 Å². The molecule has 1 aliphatic heterocycles. The molecule has 8 nitrogen and oxygen atoms in total. The SMILES string of the molecule is O=C1CC(c2ccccc2)NCCCN(C(=O)c2ccc(Cn3cccn3)o2)CCCCN1. The molecule has 0 spiro atoms. The molecule has 174 valence electrons. The lowest BCUT2D eigenvalue weighted by Crippen LogP contribution is -2.34. The van der Waals surface area contributed by atoms with E-state index in [-0.39, 0.29) is 17.9 Å². The number of benzene rings is 1. The van der Waals surface area contributed by atoms with E-state index in [0.29, 0.717) is 50.7 Å². The molecule has 4 rings (SSSR count). The van der Waals surface area contributed by atoms with E-state index in [0.717, 1.165) is 24.8 Å². The highest BCUT2D eigenvalue weighted by Crippen LogP contribution is 2.17. The minimum atomic E-state index is -0.0970. The number of nitrogens with one attached hydrogen (secondary N) is 2. The molecule has 33 heavy (non-hydrogen) atoms. The van der Waals surface area contributed by atoms with Crippen molar-refractivity contribution in [3.05, 3.63) is 78.0 Å². The lowest BCUT2D eigenvalue weighted by molar-refractivity contribution is -0.121. The molecule has 1 aromatic carbocycles. The van der Waals surface area contributed by atoms with Gasteiger partial charge in [-0.3, -0.25) is 14.3 Å². The van der Waals surface area contributed by atoms with Gasteiger partial charge >= 0.3 is 0 Å². The second-order valence-corrected chi connectivity index (χ2v) is 8.29. The third-order valence-corrected chi connectivity index (χ3v) is 5.80. The minimum absolute atomic E-state index is 0.0452. The summed E-state index contributed by atoms with van der Waals surface area (Å²) in [5, 5.41) is 10.7. The molecular weight excluding hydrogens is 418 g/mol. The molecule has 1 saturated heterocycles. The van der Waals surface area contributed by atoms with E-state index >= 15 is 0 Å². The molecule has 3 heterocycles. The summed E-state index contributed by atoms with van der Waals surface area (Å²) in [5.41, 5.74) is 1.09. The van der Waals surface area contributed by atoms with Gasteiger partial charge in [0.2, 0.25) is 5.91 Å². The van der Waals surface area contributed by atoms with Crippen molar-refractivity contribution in [2.24, 2.45) is 0 Å². The quantitative estimate of drug-likeness (QED) is 0.639. The van der Waals surface area contributed by atoms with Gasteiger partial charge in [0.1, 0.15) is 5.76 Å². The lowest BCUT2D eigenvalue weighted by Gasteiger charge is -2.22. The van der Waals surface area contributed by atoms with Crippen LogP contribution in [0.2, 0.25) is 0 Å². The van der Waals surface area contributed by atoms with E-state index in [4.69, 9.17) is 4.42 Å². The third kappa shape index (κ3) is 6.55. The molecular formula is C25H31N5O3. The summed E-state index contributed by atoms with van der Waals surface area (Å²) in [5.74, 6) is 0.997. The minimum Gasteiger partial charge on any atom is -0.454 e. The van der Waals surface area contributed by atoms with Crippen LogP contribution in [0.5, 0.6) is 0 Å². The molecule has 1 unspecified atom stereocenters. The monoisotopic (exact) mass is 449 g/mol.